The summed E-state index contributed by atoms with van der Waals surface area (Å²) in [5, 5.41) is 0.998. The Morgan fingerprint density at radius 1 is 0.800 bits per heavy atom. The number of hydrazine groups is 1. The molecule has 2 atom stereocenters. The zero-order valence-corrected chi connectivity index (χ0v) is 24.3. The standard InChI is InChI=1S/C27H36N2O4SeSi/c1-17(2)35(18(3)4,19(5)6)33-20(7)24(27(32)34-21-13-9-8-10-14-21)28-29-25(30)22-15-11-12-16-23(22)26(29)31/h8-20,24,28H,1-7H3/t20-,24+/m1/s1. The van der Waals surface area contributed by atoms with Crippen molar-refractivity contribution in [3.63, 3.8) is 0 Å². The van der Waals surface area contributed by atoms with E-state index in [1.54, 1.807) is 24.3 Å². The average molecular weight is 560 g/mol. The van der Waals surface area contributed by atoms with Gasteiger partial charge in [0.05, 0.1) is 0 Å². The number of amides is 2. The fourth-order valence-corrected chi connectivity index (χ4v) is 12.7. The van der Waals surface area contributed by atoms with Gasteiger partial charge in [-0.3, -0.25) is 0 Å². The molecule has 0 radical (unpaired) electrons. The van der Waals surface area contributed by atoms with E-state index in [-0.39, 0.29) is 4.68 Å². The maximum atomic E-state index is 13.7. The number of nitrogens with zero attached hydrogens (tertiary/aromatic N) is 1. The first-order valence-corrected chi connectivity index (χ1v) is 16.0. The van der Waals surface area contributed by atoms with Gasteiger partial charge in [-0.25, -0.2) is 0 Å². The van der Waals surface area contributed by atoms with Crippen molar-refractivity contribution in [3.05, 3.63) is 65.7 Å². The van der Waals surface area contributed by atoms with Gasteiger partial charge in [0.2, 0.25) is 0 Å². The zero-order valence-electron chi connectivity index (χ0n) is 21.6. The Balaban J connectivity index is 1.94. The second kappa shape index (κ2) is 11.3. The Labute approximate surface area is 216 Å². The van der Waals surface area contributed by atoms with Crippen molar-refractivity contribution >= 4 is 44.2 Å². The van der Waals surface area contributed by atoms with Gasteiger partial charge in [-0.1, -0.05) is 0 Å². The van der Waals surface area contributed by atoms with Crippen LogP contribution in [0.3, 0.4) is 0 Å². The Bertz CT molecular complexity index is 1020. The molecule has 1 N–H and O–H groups in total. The van der Waals surface area contributed by atoms with E-state index < -0.39 is 47.2 Å². The molecule has 0 spiro atoms. The minimum atomic E-state index is -2.32. The summed E-state index contributed by atoms with van der Waals surface area (Å²) in [6.45, 7) is 15.1. The van der Waals surface area contributed by atoms with Crippen LogP contribution >= 0.6 is 0 Å². The molecule has 188 valence electrons. The van der Waals surface area contributed by atoms with E-state index in [2.05, 4.69) is 47.0 Å². The molecule has 0 aliphatic carbocycles. The summed E-state index contributed by atoms with van der Waals surface area (Å²) in [4.78, 5) is 39.8. The SMILES string of the molecule is CC(C)[Si](O[C@H](C)[C@H](NN1C(=O)c2ccccc2C1=O)C(=O)[Se]c1ccccc1)(C(C)C)C(C)C. The van der Waals surface area contributed by atoms with Crippen LogP contribution in [0.15, 0.2) is 54.6 Å². The summed E-state index contributed by atoms with van der Waals surface area (Å²) in [5.41, 5.74) is 4.70. The molecule has 3 rings (SSSR count). The number of nitrogens with one attached hydrogen (secondary N) is 1. The summed E-state index contributed by atoms with van der Waals surface area (Å²) < 4.78 is 7.79. The summed E-state index contributed by atoms with van der Waals surface area (Å²) in [6.07, 6.45) is -0.517. The first kappa shape index (κ1) is 27.5. The molecular formula is C27H36N2O4SeSi. The molecule has 6 nitrogen and oxygen atoms in total. The molecule has 35 heavy (non-hydrogen) atoms. The first-order chi connectivity index (χ1) is 16.5. The van der Waals surface area contributed by atoms with E-state index in [4.69, 9.17) is 4.43 Å². The normalized spacial score (nSPS) is 15.8. The van der Waals surface area contributed by atoms with Crippen molar-refractivity contribution in [1.29, 1.82) is 0 Å². The van der Waals surface area contributed by atoms with E-state index in [1.165, 1.54) is 0 Å². The third-order valence-corrected chi connectivity index (χ3v) is 15.1. The molecule has 2 aromatic rings. The summed E-state index contributed by atoms with van der Waals surface area (Å²) >= 11 is -0.507. The number of benzene rings is 2. The maximum absolute atomic E-state index is 13.7. The number of carbonyl (C=O) groups excluding carboxylic acids is 3. The molecule has 0 aromatic heterocycles. The molecule has 1 aliphatic rings. The van der Waals surface area contributed by atoms with Crippen LogP contribution in [-0.4, -0.2) is 56.9 Å². The molecule has 2 aromatic carbocycles. The van der Waals surface area contributed by atoms with Crippen LogP contribution in [0.5, 0.6) is 0 Å². The van der Waals surface area contributed by atoms with Crippen molar-refractivity contribution in [3.8, 4) is 0 Å². The van der Waals surface area contributed by atoms with Crippen LogP contribution in [0.1, 0.15) is 69.2 Å². The minimum absolute atomic E-state index is 0.0630. The third kappa shape index (κ3) is 5.52. The molecule has 1 aliphatic heterocycles. The third-order valence-electron chi connectivity index (χ3n) is 6.84. The predicted molar refractivity (Wildman–Crippen MR) is 142 cm³/mol. The average Bonchev–Trinajstić information content (AvgIpc) is 3.05. The molecule has 0 saturated carbocycles. The van der Waals surface area contributed by atoms with Crippen molar-refractivity contribution in [2.75, 3.05) is 0 Å². The van der Waals surface area contributed by atoms with E-state index in [0.29, 0.717) is 27.8 Å². The number of rotatable bonds is 11. The monoisotopic (exact) mass is 560 g/mol. The second-order valence-electron chi connectivity index (χ2n) is 9.97. The van der Waals surface area contributed by atoms with Gasteiger partial charge in [0, 0.05) is 0 Å². The molecule has 0 bridgehead atoms. The number of imide groups is 1. The fourth-order valence-electron chi connectivity index (χ4n) is 5.26. The number of carbonyl (C=O) groups is 3. The molecule has 2 amide bonds. The zero-order chi connectivity index (χ0) is 25.9. The van der Waals surface area contributed by atoms with Gasteiger partial charge >= 0.3 is 216 Å². The van der Waals surface area contributed by atoms with Gasteiger partial charge in [-0.2, -0.15) is 0 Å². The fraction of sp³-hybridized carbons (Fsp3) is 0.444. The molecule has 0 saturated heterocycles. The Kier molecular flexibility index (Phi) is 8.89. The predicted octanol–water partition coefficient (Wildman–Crippen LogP) is 4.29. The van der Waals surface area contributed by atoms with Crippen LogP contribution in [0.2, 0.25) is 16.6 Å². The van der Waals surface area contributed by atoms with Crippen molar-refractivity contribution in [1.82, 2.24) is 10.4 Å². The molecule has 0 fully saturated rings. The summed E-state index contributed by atoms with van der Waals surface area (Å²) in [7, 11) is -2.32. The quantitative estimate of drug-likeness (QED) is 0.329. The van der Waals surface area contributed by atoms with Crippen LogP contribution in [0, 0.1) is 0 Å². The molecule has 0 unspecified atom stereocenters. The number of hydrogen-bond donors (Lipinski definition) is 1. The van der Waals surface area contributed by atoms with E-state index in [0.717, 1.165) is 9.47 Å². The Hall–Kier alpha value is -2.09. The molecular weight excluding hydrogens is 523 g/mol. The van der Waals surface area contributed by atoms with Crippen LogP contribution in [0.4, 0.5) is 0 Å². The van der Waals surface area contributed by atoms with Crippen molar-refractivity contribution in [2.24, 2.45) is 0 Å². The van der Waals surface area contributed by atoms with Crippen molar-refractivity contribution < 1.29 is 18.8 Å². The number of hydrogen-bond acceptors (Lipinski definition) is 5. The van der Waals surface area contributed by atoms with Gasteiger partial charge < -0.3 is 0 Å². The van der Waals surface area contributed by atoms with Crippen LogP contribution in [-0.2, 0) is 9.22 Å². The van der Waals surface area contributed by atoms with Gasteiger partial charge in [0.25, 0.3) is 0 Å². The Morgan fingerprint density at radius 3 is 1.71 bits per heavy atom. The van der Waals surface area contributed by atoms with Crippen LogP contribution < -0.4 is 9.89 Å². The van der Waals surface area contributed by atoms with E-state index in [9.17, 15) is 14.4 Å². The van der Waals surface area contributed by atoms with E-state index in [1.807, 2.05) is 37.3 Å². The van der Waals surface area contributed by atoms with Gasteiger partial charge in [-0.15, -0.1) is 0 Å². The van der Waals surface area contributed by atoms with E-state index >= 15 is 0 Å². The first-order valence-electron chi connectivity index (χ1n) is 12.2. The number of fused-ring (bicyclic) bond motifs is 1. The van der Waals surface area contributed by atoms with Crippen molar-refractivity contribution in [2.45, 2.75) is 77.2 Å². The van der Waals surface area contributed by atoms with Gasteiger partial charge in [0.1, 0.15) is 0 Å². The van der Waals surface area contributed by atoms with Gasteiger partial charge in [-0.05, 0) is 0 Å². The van der Waals surface area contributed by atoms with Gasteiger partial charge in [0.15, 0.2) is 0 Å². The molecule has 1 heterocycles. The van der Waals surface area contributed by atoms with Crippen LogP contribution in [0.25, 0.3) is 0 Å². The Morgan fingerprint density at radius 2 is 1.26 bits per heavy atom. The topological polar surface area (TPSA) is 75.7 Å². The second-order valence-corrected chi connectivity index (χ2v) is 17.6. The molecule has 8 heteroatoms. The summed E-state index contributed by atoms with van der Waals surface area (Å²) in [5.74, 6) is -0.884. The summed E-state index contributed by atoms with van der Waals surface area (Å²) in [6, 6.07) is 15.5.